The highest BCUT2D eigenvalue weighted by Crippen LogP contribution is 2.25. The zero-order valence-electron chi connectivity index (χ0n) is 13.5. The van der Waals surface area contributed by atoms with Gasteiger partial charge in [-0.1, -0.05) is 35.9 Å². The van der Waals surface area contributed by atoms with E-state index in [4.69, 9.17) is 0 Å². The SMILES string of the molecule is CCN(CCc1cc(C)cc(C)c1O)c1ccccc1C. The fourth-order valence-electron chi connectivity index (χ4n) is 2.86. The summed E-state index contributed by atoms with van der Waals surface area (Å²) in [6.45, 7) is 10.2. The minimum Gasteiger partial charge on any atom is -0.507 e. The summed E-state index contributed by atoms with van der Waals surface area (Å²) < 4.78 is 0. The molecule has 0 radical (unpaired) electrons. The van der Waals surface area contributed by atoms with Crippen molar-refractivity contribution in [3.63, 3.8) is 0 Å². The fourth-order valence-corrected chi connectivity index (χ4v) is 2.86. The Kier molecular flexibility index (Phi) is 4.89. The lowest BCUT2D eigenvalue weighted by molar-refractivity contribution is 0.463. The van der Waals surface area contributed by atoms with Gasteiger partial charge >= 0.3 is 0 Å². The summed E-state index contributed by atoms with van der Waals surface area (Å²) in [5.41, 5.74) is 5.79. The quantitative estimate of drug-likeness (QED) is 0.880. The zero-order chi connectivity index (χ0) is 15.4. The highest BCUT2D eigenvalue weighted by atomic mass is 16.3. The summed E-state index contributed by atoms with van der Waals surface area (Å²) >= 11 is 0. The van der Waals surface area contributed by atoms with Crippen molar-refractivity contribution in [3.05, 3.63) is 58.7 Å². The summed E-state index contributed by atoms with van der Waals surface area (Å²) in [4.78, 5) is 2.37. The van der Waals surface area contributed by atoms with Crippen molar-refractivity contribution in [2.45, 2.75) is 34.1 Å². The molecule has 0 saturated carbocycles. The Labute approximate surface area is 128 Å². The molecule has 2 heteroatoms. The molecule has 0 saturated heterocycles. The smallest absolute Gasteiger partial charge is 0.121 e. The molecule has 1 N–H and O–H groups in total. The second kappa shape index (κ2) is 6.66. The van der Waals surface area contributed by atoms with Crippen LogP contribution in [0.5, 0.6) is 5.75 Å². The summed E-state index contributed by atoms with van der Waals surface area (Å²) in [6, 6.07) is 12.6. The molecule has 0 aromatic heterocycles. The maximum atomic E-state index is 10.2. The number of hydrogen-bond acceptors (Lipinski definition) is 2. The van der Waals surface area contributed by atoms with Gasteiger partial charge in [0.2, 0.25) is 0 Å². The minimum absolute atomic E-state index is 0.446. The third-order valence-electron chi connectivity index (χ3n) is 4.01. The third-order valence-corrected chi connectivity index (χ3v) is 4.01. The van der Waals surface area contributed by atoms with Gasteiger partial charge in [0.1, 0.15) is 5.75 Å². The monoisotopic (exact) mass is 283 g/mol. The van der Waals surface area contributed by atoms with Crippen LogP contribution in [-0.4, -0.2) is 18.2 Å². The number of phenols is 1. The van der Waals surface area contributed by atoms with Crippen molar-refractivity contribution in [3.8, 4) is 5.75 Å². The van der Waals surface area contributed by atoms with E-state index in [0.29, 0.717) is 5.75 Å². The number of hydrogen-bond donors (Lipinski definition) is 1. The summed E-state index contributed by atoms with van der Waals surface area (Å²) in [7, 11) is 0. The van der Waals surface area contributed by atoms with Gasteiger partial charge in [0.25, 0.3) is 0 Å². The molecule has 2 rings (SSSR count). The van der Waals surface area contributed by atoms with Crippen LogP contribution in [0.4, 0.5) is 5.69 Å². The van der Waals surface area contributed by atoms with Crippen LogP contribution in [0.25, 0.3) is 0 Å². The van der Waals surface area contributed by atoms with Crippen molar-refractivity contribution >= 4 is 5.69 Å². The van der Waals surface area contributed by atoms with Crippen molar-refractivity contribution < 1.29 is 5.11 Å². The molecule has 0 spiro atoms. The maximum absolute atomic E-state index is 10.2. The molecular formula is C19H25NO. The molecule has 0 amide bonds. The minimum atomic E-state index is 0.446. The average molecular weight is 283 g/mol. The van der Waals surface area contributed by atoms with E-state index in [0.717, 1.165) is 30.6 Å². The van der Waals surface area contributed by atoms with E-state index in [1.54, 1.807) is 0 Å². The number of para-hydroxylation sites is 1. The van der Waals surface area contributed by atoms with Crippen LogP contribution in [0.3, 0.4) is 0 Å². The normalized spacial score (nSPS) is 10.7. The first-order valence-corrected chi connectivity index (χ1v) is 7.62. The van der Waals surface area contributed by atoms with E-state index >= 15 is 0 Å². The van der Waals surface area contributed by atoms with Crippen LogP contribution in [-0.2, 0) is 6.42 Å². The molecular weight excluding hydrogens is 258 g/mol. The Morgan fingerprint density at radius 1 is 1.00 bits per heavy atom. The zero-order valence-corrected chi connectivity index (χ0v) is 13.5. The first-order valence-electron chi connectivity index (χ1n) is 7.62. The van der Waals surface area contributed by atoms with E-state index in [-0.39, 0.29) is 0 Å². The molecule has 0 atom stereocenters. The highest BCUT2D eigenvalue weighted by molar-refractivity contribution is 5.53. The molecule has 0 heterocycles. The second-order valence-corrected chi connectivity index (χ2v) is 5.71. The predicted molar refractivity (Wildman–Crippen MR) is 90.4 cm³/mol. The summed E-state index contributed by atoms with van der Waals surface area (Å²) in [5.74, 6) is 0.446. The molecule has 112 valence electrons. The predicted octanol–water partition coefficient (Wildman–Crippen LogP) is 4.39. The van der Waals surface area contributed by atoms with Crippen molar-refractivity contribution in [2.24, 2.45) is 0 Å². The van der Waals surface area contributed by atoms with Gasteiger partial charge in [-0.15, -0.1) is 0 Å². The number of rotatable bonds is 5. The van der Waals surface area contributed by atoms with Gasteiger partial charge in [0.05, 0.1) is 0 Å². The van der Waals surface area contributed by atoms with Crippen LogP contribution in [0.15, 0.2) is 36.4 Å². The molecule has 2 aromatic carbocycles. The molecule has 2 nitrogen and oxygen atoms in total. The number of aromatic hydroxyl groups is 1. The molecule has 0 fully saturated rings. The number of benzene rings is 2. The topological polar surface area (TPSA) is 23.5 Å². The molecule has 21 heavy (non-hydrogen) atoms. The Morgan fingerprint density at radius 3 is 2.38 bits per heavy atom. The Hall–Kier alpha value is -1.96. The second-order valence-electron chi connectivity index (χ2n) is 5.71. The molecule has 2 aromatic rings. The summed E-state index contributed by atoms with van der Waals surface area (Å²) in [5, 5.41) is 10.2. The van der Waals surface area contributed by atoms with Gasteiger partial charge in [-0.3, -0.25) is 0 Å². The summed E-state index contributed by atoms with van der Waals surface area (Å²) in [6.07, 6.45) is 0.858. The van der Waals surface area contributed by atoms with Crippen LogP contribution in [0.1, 0.15) is 29.2 Å². The Bertz CT molecular complexity index is 619. The van der Waals surface area contributed by atoms with Crippen molar-refractivity contribution in [1.82, 2.24) is 0 Å². The standard InChI is InChI=1S/C19H25NO/c1-5-20(18-9-7-6-8-15(18)3)11-10-17-13-14(2)12-16(4)19(17)21/h6-9,12-13,21H,5,10-11H2,1-4H3. The molecule has 0 aliphatic heterocycles. The third kappa shape index (κ3) is 3.57. The van der Waals surface area contributed by atoms with E-state index in [9.17, 15) is 5.11 Å². The van der Waals surface area contributed by atoms with Gasteiger partial charge in [-0.2, -0.15) is 0 Å². The van der Waals surface area contributed by atoms with Gasteiger partial charge < -0.3 is 10.0 Å². The number of anilines is 1. The van der Waals surface area contributed by atoms with E-state index in [1.165, 1.54) is 16.8 Å². The van der Waals surface area contributed by atoms with Gasteiger partial charge in [-0.25, -0.2) is 0 Å². The van der Waals surface area contributed by atoms with E-state index < -0.39 is 0 Å². The van der Waals surface area contributed by atoms with E-state index in [2.05, 4.69) is 56.0 Å². The van der Waals surface area contributed by atoms with Crippen molar-refractivity contribution in [2.75, 3.05) is 18.0 Å². The molecule has 0 unspecified atom stereocenters. The highest BCUT2D eigenvalue weighted by Gasteiger charge is 2.10. The Balaban J connectivity index is 2.16. The van der Waals surface area contributed by atoms with Crippen LogP contribution in [0, 0.1) is 20.8 Å². The number of likely N-dealkylation sites (N-methyl/N-ethyl adjacent to an activating group) is 1. The largest absolute Gasteiger partial charge is 0.507 e. The van der Waals surface area contributed by atoms with E-state index in [1.807, 2.05) is 13.0 Å². The number of aryl methyl sites for hydroxylation is 3. The lowest BCUT2D eigenvalue weighted by Gasteiger charge is -2.25. The van der Waals surface area contributed by atoms with Gasteiger partial charge in [-0.05, 0) is 56.9 Å². The number of nitrogens with zero attached hydrogens (tertiary/aromatic N) is 1. The Morgan fingerprint density at radius 2 is 1.71 bits per heavy atom. The fraction of sp³-hybridized carbons (Fsp3) is 0.368. The average Bonchev–Trinajstić information content (AvgIpc) is 2.46. The molecule has 0 aliphatic rings. The van der Waals surface area contributed by atoms with Crippen molar-refractivity contribution in [1.29, 1.82) is 0 Å². The van der Waals surface area contributed by atoms with Gasteiger partial charge in [0.15, 0.2) is 0 Å². The lowest BCUT2D eigenvalue weighted by atomic mass is 10.0. The molecule has 0 aliphatic carbocycles. The number of phenolic OH excluding ortho intramolecular Hbond substituents is 1. The first-order chi connectivity index (χ1) is 10.0. The maximum Gasteiger partial charge on any atom is 0.121 e. The lowest BCUT2D eigenvalue weighted by Crippen LogP contribution is -2.26. The first kappa shape index (κ1) is 15.4. The van der Waals surface area contributed by atoms with Crippen LogP contribution >= 0.6 is 0 Å². The molecule has 0 bridgehead atoms. The van der Waals surface area contributed by atoms with Crippen LogP contribution in [0.2, 0.25) is 0 Å². The van der Waals surface area contributed by atoms with Gasteiger partial charge in [0, 0.05) is 18.8 Å². The van der Waals surface area contributed by atoms with Crippen LogP contribution < -0.4 is 4.90 Å².